The van der Waals surface area contributed by atoms with Crippen LogP contribution in [-0.2, 0) is 19.6 Å². The van der Waals surface area contributed by atoms with Gasteiger partial charge in [0.2, 0.25) is 15.7 Å². The number of aliphatic imine (C=N–C) groups is 1. The van der Waals surface area contributed by atoms with E-state index >= 15 is 0 Å². The molecule has 0 radical (unpaired) electrons. The summed E-state index contributed by atoms with van der Waals surface area (Å²) in [4.78, 5) is 29.3. The number of aromatic nitrogens is 3. The monoisotopic (exact) mass is 643 g/mol. The summed E-state index contributed by atoms with van der Waals surface area (Å²) < 4.78 is 33.0. The van der Waals surface area contributed by atoms with Crippen molar-refractivity contribution in [2.45, 2.75) is 53.6 Å². The van der Waals surface area contributed by atoms with Crippen LogP contribution < -0.4 is 9.62 Å². The minimum Gasteiger partial charge on any atom is -0.459 e. The van der Waals surface area contributed by atoms with E-state index in [1.807, 2.05) is 68.3 Å². The van der Waals surface area contributed by atoms with E-state index in [0.29, 0.717) is 24.0 Å². The first-order valence-electron chi connectivity index (χ1n) is 15.5. The quantitative estimate of drug-likeness (QED) is 0.245. The van der Waals surface area contributed by atoms with Crippen molar-refractivity contribution in [1.29, 1.82) is 0 Å². The zero-order valence-corrected chi connectivity index (χ0v) is 28.2. The molecule has 0 spiro atoms. The third-order valence-electron chi connectivity index (χ3n) is 8.68. The summed E-state index contributed by atoms with van der Waals surface area (Å²) in [5.74, 6) is 1.22. The number of ether oxygens (including phenoxy) is 1. The standard InChI is InChI=1S/C34H41N7O4S/c1-20-9-11-25(12-10-20)31-38-32-28(34(42)45-30-23(4)17-21(2)18-24(30)5)29(35-6)33(41(32)39-31)37-27-14-13-26(19-22(27)3)40(7)16-15-36-46(8,43)44/h9-14,19,21,23-24,30,36H,15-18H2,1-5,7-8H3. The van der Waals surface area contributed by atoms with Crippen molar-refractivity contribution in [1.82, 2.24) is 19.5 Å². The maximum Gasteiger partial charge on any atom is 0.331 e. The molecule has 46 heavy (non-hydrogen) atoms. The molecule has 242 valence electrons. The lowest BCUT2D eigenvalue weighted by molar-refractivity contribution is -0.150. The Morgan fingerprint density at radius 3 is 2.41 bits per heavy atom. The lowest BCUT2D eigenvalue weighted by Crippen LogP contribution is -2.37. The molecule has 1 fully saturated rings. The first kappa shape index (κ1) is 33.0. The van der Waals surface area contributed by atoms with Gasteiger partial charge in [0.05, 0.1) is 18.5 Å². The van der Waals surface area contributed by atoms with Gasteiger partial charge in [-0.3, -0.25) is 0 Å². The summed E-state index contributed by atoms with van der Waals surface area (Å²) in [6, 6.07) is 13.4. The van der Waals surface area contributed by atoms with Crippen molar-refractivity contribution in [2.75, 3.05) is 31.3 Å². The number of likely N-dealkylation sites (N-methyl/N-ethyl adjacent to an activating group) is 1. The van der Waals surface area contributed by atoms with Crippen LogP contribution >= 0.6 is 0 Å². The van der Waals surface area contributed by atoms with Gasteiger partial charge in [0.25, 0.3) is 0 Å². The summed E-state index contributed by atoms with van der Waals surface area (Å²) in [5.41, 5.74) is 4.30. The number of carbonyl (C=O) groups is 1. The van der Waals surface area contributed by atoms with E-state index in [-0.39, 0.29) is 47.4 Å². The van der Waals surface area contributed by atoms with Crippen molar-refractivity contribution in [3.63, 3.8) is 0 Å². The minimum atomic E-state index is -3.28. The largest absolute Gasteiger partial charge is 0.459 e. The van der Waals surface area contributed by atoms with Gasteiger partial charge in [0, 0.05) is 31.4 Å². The number of fused-ring (bicyclic) bond motifs is 1. The molecule has 2 unspecified atom stereocenters. The SMILES string of the molecule is [C-]#[N+]C1=C(C(=O)OC2C(C)CC(C)CC2C)c2nc(-c3ccc(C)cc3)nn2C1=Nc1ccc(N(C)CCNS(C)(=O)=O)cc1C. The number of benzene rings is 2. The molecule has 0 bridgehead atoms. The molecule has 2 aliphatic rings. The highest BCUT2D eigenvalue weighted by Gasteiger charge is 2.40. The van der Waals surface area contributed by atoms with E-state index in [9.17, 15) is 13.2 Å². The predicted molar refractivity (Wildman–Crippen MR) is 180 cm³/mol. The highest BCUT2D eigenvalue weighted by atomic mass is 32.2. The molecule has 2 aromatic carbocycles. The van der Waals surface area contributed by atoms with Crippen LogP contribution in [0, 0.1) is 38.2 Å². The minimum absolute atomic E-state index is 0.0485. The average molecular weight is 644 g/mol. The Balaban J connectivity index is 1.53. The number of nitrogens with one attached hydrogen (secondary N) is 1. The van der Waals surface area contributed by atoms with Gasteiger partial charge in [-0.1, -0.05) is 50.6 Å². The normalized spacial score (nSPS) is 22.1. The number of rotatable bonds is 9. The van der Waals surface area contributed by atoms with Gasteiger partial charge in [-0.2, -0.15) is 0 Å². The van der Waals surface area contributed by atoms with Gasteiger partial charge >= 0.3 is 5.97 Å². The summed E-state index contributed by atoms with van der Waals surface area (Å²) in [5, 5.41) is 4.73. The van der Waals surface area contributed by atoms with E-state index < -0.39 is 16.0 Å². The van der Waals surface area contributed by atoms with Gasteiger partial charge in [0.1, 0.15) is 11.7 Å². The number of carbonyl (C=O) groups excluding carboxylic acids is 1. The number of anilines is 1. The van der Waals surface area contributed by atoms with Crippen LogP contribution in [-0.4, -0.2) is 67.5 Å². The van der Waals surface area contributed by atoms with Gasteiger partial charge in [0.15, 0.2) is 17.5 Å². The fourth-order valence-corrected chi connectivity index (χ4v) is 6.87. The summed E-state index contributed by atoms with van der Waals surface area (Å²) in [6.07, 6.45) is 2.80. The first-order chi connectivity index (χ1) is 21.8. The summed E-state index contributed by atoms with van der Waals surface area (Å²) in [6.45, 7) is 19.2. The third kappa shape index (κ3) is 7.06. The smallest absolute Gasteiger partial charge is 0.331 e. The van der Waals surface area contributed by atoms with Crippen molar-refractivity contribution >= 4 is 38.8 Å². The molecule has 1 aromatic heterocycles. The highest BCUT2D eigenvalue weighted by Crippen LogP contribution is 2.38. The number of sulfonamides is 1. The molecular weight excluding hydrogens is 602 g/mol. The third-order valence-corrected chi connectivity index (χ3v) is 9.41. The molecule has 2 heterocycles. The second-order valence-corrected chi connectivity index (χ2v) is 14.6. The van der Waals surface area contributed by atoms with Gasteiger partial charge < -0.3 is 9.64 Å². The summed E-state index contributed by atoms with van der Waals surface area (Å²) >= 11 is 0. The number of esters is 1. The van der Waals surface area contributed by atoms with Crippen molar-refractivity contribution < 1.29 is 17.9 Å². The molecule has 1 N–H and O–H groups in total. The number of hydrogen-bond donors (Lipinski definition) is 1. The Hall–Kier alpha value is -4.34. The number of aryl methyl sites for hydroxylation is 2. The number of allylic oxidation sites excluding steroid dienone is 1. The van der Waals surface area contributed by atoms with E-state index in [4.69, 9.17) is 26.4 Å². The van der Waals surface area contributed by atoms with Crippen LogP contribution in [0.4, 0.5) is 11.4 Å². The van der Waals surface area contributed by atoms with Crippen LogP contribution in [0.1, 0.15) is 50.6 Å². The zero-order chi connectivity index (χ0) is 33.3. The fourth-order valence-electron chi connectivity index (χ4n) is 6.41. The number of hydrogen-bond acceptors (Lipinski definition) is 8. The van der Waals surface area contributed by atoms with Crippen molar-refractivity contribution in [3.05, 3.63) is 76.5 Å². The molecule has 5 rings (SSSR count). The molecule has 0 amide bonds. The van der Waals surface area contributed by atoms with E-state index in [2.05, 4.69) is 30.3 Å². The predicted octanol–water partition coefficient (Wildman–Crippen LogP) is 5.38. The highest BCUT2D eigenvalue weighted by molar-refractivity contribution is 7.88. The molecular formula is C34H41N7O4S. The molecule has 2 atom stereocenters. The molecule has 11 nitrogen and oxygen atoms in total. The average Bonchev–Trinajstić information content (AvgIpc) is 3.52. The lowest BCUT2D eigenvalue weighted by atomic mass is 9.75. The second kappa shape index (κ2) is 13.2. The van der Waals surface area contributed by atoms with Crippen molar-refractivity contribution in [2.24, 2.45) is 22.7 Å². The maximum absolute atomic E-state index is 13.9. The topological polar surface area (TPSA) is 123 Å². The first-order valence-corrected chi connectivity index (χ1v) is 17.4. The van der Waals surface area contributed by atoms with Crippen LogP contribution in [0.3, 0.4) is 0 Å². The summed E-state index contributed by atoms with van der Waals surface area (Å²) in [7, 11) is -1.40. The Bertz CT molecular complexity index is 1840. The zero-order valence-electron chi connectivity index (χ0n) is 27.4. The van der Waals surface area contributed by atoms with E-state index in [0.717, 1.165) is 41.5 Å². The van der Waals surface area contributed by atoms with Crippen LogP contribution in [0.5, 0.6) is 0 Å². The maximum atomic E-state index is 13.9. The lowest BCUT2D eigenvalue weighted by Gasteiger charge is -2.37. The fraction of sp³-hybridized carbons (Fsp3) is 0.441. The van der Waals surface area contributed by atoms with Crippen LogP contribution in [0.2, 0.25) is 0 Å². The van der Waals surface area contributed by atoms with Gasteiger partial charge in [-0.25, -0.2) is 37.4 Å². The van der Waals surface area contributed by atoms with Gasteiger partial charge in [-0.15, -0.1) is 5.10 Å². The van der Waals surface area contributed by atoms with Crippen LogP contribution in [0.25, 0.3) is 21.8 Å². The van der Waals surface area contributed by atoms with Gasteiger partial charge in [-0.05, 0) is 68.2 Å². The molecule has 1 aliphatic heterocycles. The Morgan fingerprint density at radius 2 is 1.80 bits per heavy atom. The molecule has 0 saturated heterocycles. The molecule has 12 heteroatoms. The van der Waals surface area contributed by atoms with E-state index in [1.165, 1.54) is 4.68 Å². The van der Waals surface area contributed by atoms with E-state index in [1.54, 1.807) is 0 Å². The van der Waals surface area contributed by atoms with Crippen molar-refractivity contribution in [3.8, 4) is 11.4 Å². The van der Waals surface area contributed by atoms with Crippen LogP contribution in [0.15, 0.2) is 53.2 Å². The molecule has 3 aromatic rings. The second-order valence-electron chi connectivity index (χ2n) is 12.8. The Morgan fingerprint density at radius 1 is 1.13 bits per heavy atom. The number of nitrogens with zero attached hydrogens (tertiary/aromatic N) is 6. The molecule has 1 aliphatic carbocycles. The Labute approximate surface area is 271 Å². The molecule has 1 saturated carbocycles. The Kier molecular flexibility index (Phi) is 9.47.